The molecule has 4 heterocycles. The number of methoxy groups -OCH3 is 2. The Morgan fingerprint density at radius 3 is 1.44 bits per heavy atom. The van der Waals surface area contributed by atoms with Crippen molar-refractivity contribution in [2.75, 3.05) is 40.4 Å². The van der Waals surface area contributed by atoms with Gasteiger partial charge in [0, 0.05) is 63.7 Å². The Balaban J connectivity index is 0.000000258. The van der Waals surface area contributed by atoms with Gasteiger partial charge < -0.3 is 66.7 Å². The van der Waals surface area contributed by atoms with Crippen molar-refractivity contribution in [2.24, 2.45) is 17.8 Å². The number of phenolic OH excluding ortho intramolecular Hbond substituents is 1. The molecule has 4 aromatic carbocycles. The van der Waals surface area contributed by atoms with Crippen LogP contribution in [0.5, 0.6) is 23.0 Å². The number of benzene rings is 4. The van der Waals surface area contributed by atoms with Gasteiger partial charge in [-0.1, -0.05) is 143 Å². The fourth-order valence-electron chi connectivity index (χ4n) is 14.2. The Bertz CT molecular complexity index is 3470. The molecule has 24 nitrogen and oxygen atoms in total. The number of esters is 7. The van der Waals surface area contributed by atoms with Gasteiger partial charge in [-0.3, -0.25) is 39.2 Å². The minimum atomic E-state index is -2.23. The maximum atomic E-state index is 13.0. The van der Waals surface area contributed by atoms with Gasteiger partial charge in [0.1, 0.15) is 13.2 Å². The first-order chi connectivity index (χ1) is 47.7. The van der Waals surface area contributed by atoms with Crippen LogP contribution >= 0.6 is 34.8 Å². The number of hydrogen-bond donors (Lipinski definition) is 2. The zero-order valence-corrected chi connectivity index (χ0v) is 60.4. The summed E-state index contributed by atoms with van der Waals surface area (Å²) in [7, 11) is 2.29. The van der Waals surface area contributed by atoms with Gasteiger partial charge in [-0.05, 0) is 137 Å². The minimum Gasteiger partial charge on any atom is -0.504 e. The van der Waals surface area contributed by atoms with Crippen molar-refractivity contribution in [3.8, 4) is 23.0 Å². The first-order valence-electron chi connectivity index (χ1n) is 33.8. The van der Waals surface area contributed by atoms with E-state index in [0.29, 0.717) is 59.9 Å². The van der Waals surface area contributed by atoms with Crippen LogP contribution in [0.1, 0.15) is 142 Å². The van der Waals surface area contributed by atoms with Crippen molar-refractivity contribution in [1.82, 2.24) is 9.80 Å². The van der Waals surface area contributed by atoms with Gasteiger partial charge in [0.05, 0.1) is 14.2 Å². The highest BCUT2D eigenvalue weighted by atomic mass is 35.6. The fraction of sp³-hybridized carbons (Fsp3) is 0.573. The molecule has 4 saturated heterocycles. The van der Waals surface area contributed by atoms with E-state index in [-0.39, 0.29) is 21.5 Å². The van der Waals surface area contributed by atoms with Crippen LogP contribution in [-0.2, 0) is 120 Å². The van der Waals surface area contributed by atoms with Crippen molar-refractivity contribution in [3.63, 3.8) is 0 Å². The quantitative estimate of drug-likeness (QED) is 0.0273. The van der Waals surface area contributed by atoms with Crippen LogP contribution in [0.2, 0.25) is 0 Å². The zero-order chi connectivity index (χ0) is 72.5. The van der Waals surface area contributed by atoms with Crippen LogP contribution in [0, 0.1) is 23.2 Å². The Kier molecular flexibility index (Phi) is 31.8. The summed E-state index contributed by atoms with van der Waals surface area (Å²) in [5.74, 6) is -4.16. The monoisotopic (exact) mass is 1480 g/mol. The molecule has 2 N–H and O–H groups in total. The third kappa shape index (κ3) is 21.8. The van der Waals surface area contributed by atoms with E-state index in [1.165, 1.54) is 51.8 Å². The summed E-state index contributed by atoms with van der Waals surface area (Å²) in [4.78, 5) is 90.1. The van der Waals surface area contributed by atoms with Gasteiger partial charge in [-0.2, -0.15) is 0 Å². The number of hydrogen-bond acceptors (Lipinski definition) is 24. The summed E-state index contributed by atoms with van der Waals surface area (Å²) >= 11 is 16.7. The number of fused-ring (bicyclic) bond motifs is 4. The number of carbonyl (C=O) groups is 7. The van der Waals surface area contributed by atoms with Gasteiger partial charge in [-0.25, -0.2) is 9.59 Å². The molecule has 10 rings (SSSR count). The molecular formula is C75H100Cl3N3O21. The molecule has 0 amide bonds. The third-order valence-corrected chi connectivity index (χ3v) is 19.0. The summed E-state index contributed by atoms with van der Waals surface area (Å²) in [6, 6.07) is 28.9. The van der Waals surface area contributed by atoms with E-state index >= 15 is 0 Å². The highest BCUT2D eigenvalue weighted by molar-refractivity contribution is 6.76. The zero-order valence-electron chi connectivity index (χ0n) is 58.1. The molecule has 562 valence electrons. The number of rotatable bonds is 20. The number of phenols is 1. The van der Waals surface area contributed by atoms with Crippen LogP contribution in [0.15, 0.2) is 84.9 Å². The standard InChI is InChI=1S/C36H45NO11.C23H29NO2.C14H18Cl3NO8.2CH4/c1-6-16-37-17-10-13-26-18-27-25(19-28(26)37)14-15-29(43-20-24-11-8-7-9-12-24)30(27)47-36-34(46-23(4)40)32(45-22(3)39)31(44-21(2)38)33(48-36)35(41)42-5;1-2-12-24-13-6-9-19-14-20-18(15-21(19)24)10-11-22(23(20)25)26-16-17-7-4-3-5-8-17;1-5-8(23-6(2)19)10(24-7(3)20)12(25-9(5)11(21)22-4)26-13(18)14(15,16)17;;/h7-9,11-12,14-15,26,28,31-34,36H,6,10,13,16-20H2,1-5H3;3-5,7-8,10-11,19,21,25H,2,6,9,12-16H2,1H3;5,8-10,12,18H,1-4H3;2*1H4/t26-,28-,31+,32+,33+,34-,36-;19-,21-;5-,8-,9-,10+,12+;;/m110../s1. The molecule has 14 atom stereocenters. The number of nitrogens with one attached hydrogen (secondary N) is 1. The summed E-state index contributed by atoms with van der Waals surface area (Å²) in [5.41, 5.74) is 6.52. The van der Waals surface area contributed by atoms with Crippen LogP contribution in [0.4, 0.5) is 0 Å². The summed E-state index contributed by atoms with van der Waals surface area (Å²) in [6.45, 7) is 17.0. The molecule has 4 aromatic rings. The predicted molar refractivity (Wildman–Crippen MR) is 379 cm³/mol. The van der Waals surface area contributed by atoms with E-state index in [2.05, 4.69) is 40.5 Å². The van der Waals surface area contributed by atoms with E-state index < -0.39 is 113 Å². The normalized spacial score (nSPS) is 25.6. The molecule has 0 bridgehead atoms. The SMILES string of the molecule is C.C.CCCN1CCC[C@@H]2Cc3c(ccc(OCc4ccccc4)c3O)C[C@H]21.CCCN1CCC[C@@H]2Cc3c(ccc(OCc4ccccc4)c3O[C@@H]3O[C@H](C(=O)OC)[C@@H](OC(C)=O)[C@H](OC(C)=O)[C@H]3OC(C)=O)C[C@H]21.COC(=O)[C@H]1O[C@H](OC(=N)C(Cl)(Cl)Cl)[C@H](OC(C)=O)[C@@H](OC(C)=O)[C@@H]1C. The number of ether oxygens (including phenoxy) is 13. The highest BCUT2D eigenvalue weighted by Crippen LogP contribution is 2.46. The summed E-state index contributed by atoms with van der Waals surface area (Å²) in [6.07, 6.45) is -2.11. The maximum Gasteiger partial charge on any atom is 0.339 e. The lowest BCUT2D eigenvalue weighted by Gasteiger charge is -2.46. The van der Waals surface area contributed by atoms with E-state index in [1.54, 1.807) is 0 Å². The van der Waals surface area contributed by atoms with Crippen LogP contribution in [0.25, 0.3) is 0 Å². The molecule has 2 aliphatic carbocycles. The van der Waals surface area contributed by atoms with E-state index in [1.807, 2.05) is 72.8 Å². The average molecular weight is 1490 g/mol. The van der Waals surface area contributed by atoms with Crippen molar-refractivity contribution in [3.05, 3.63) is 118 Å². The number of halogens is 3. The number of piperidine rings is 2. The van der Waals surface area contributed by atoms with Gasteiger partial charge >= 0.3 is 41.8 Å². The van der Waals surface area contributed by atoms with Gasteiger partial charge in [-0.15, -0.1) is 0 Å². The Labute approximate surface area is 613 Å². The summed E-state index contributed by atoms with van der Waals surface area (Å²) in [5, 5.41) is 18.5. The second kappa shape index (κ2) is 38.9. The van der Waals surface area contributed by atoms with Crippen LogP contribution in [-0.4, -0.2) is 174 Å². The molecule has 0 spiro atoms. The lowest BCUT2D eigenvalue weighted by molar-refractivity contribution is -0.282. The van der Waals surface area contributed by atoms with Crippen LogP contribution < -0.4 is 14.2 Å². The van der Waals surface area contributed by atoms with Gasteiger partial charge in [0.25, 0.3) is 3.79 Å². The summed E-state index contributed by atoms with van der Waals surface area (Å²) < 4.78 is 70.0. The van der Waals surface area contributed by atoms with Crippen LogP contribution in [0.3, 0.4) is 0 Å². The largest absolute Gasteiger partial charge is 0.504 e. The van der Waals surface area contributed by atoms with Crippen molar-refractivity contribution in [1.29, 1.82) is 5.41 Å². The molecule has 102 heavy (non-hydrogen) atoms. The second-order valence-corrected chi connectivity index (χ2v) is 27.9. The maximum absolute atomic E-state index is 13.0. The predicted octanol–water partition coefficient (Wildman–Crippen LogP) is 11.5. The average Bonchev–Trinajstić information content (AvgIpc) is 0.773. The molecule has 4 fully saturated rings. The molecule has 27 heteroatoms. The molecule has 6 aliphatic rings. The number of aromatic hydroxyl groups is 1. The smallest absolute Gasteiger partial charge is 0.339 e. The number of carbonyl (C=O) groups excluding carboxylic acids is 7. The van der Waals surface area contributed by atoms with Crippen molar-refractivity contribution < 1.29 is 100 Å². The Morgan fingerprint density at radius 1 is 0.539 bits per heavy atom. The molecule has 0 unspecified atom stereocenters. The van der Waals surface area contributed by atoms with E-state index in [4.69, 9.17) is 97.1 Å². The van der Waals surface area contributed by atoms with Gasteiger partial charge in [0.15, 0.2) is 53.5 Å². The fourth-order valence-corrected chi connectivity index (χ4v) is 14.3. The third-order valence-electron chi connectivity index (χ3n) is 18.5. The minimum absolute atomic E-state index is 0. The first-order valence-corrected chi connectivity index (χ1v) is 35.0. The van der Waals surface area contributed by atoms with E-state index in [0.717, 1.165) is 121 Å². The second-order valence-electron chi connectivity index (χ2n) is 25.6. The lowest BCUT2D eigenvalue weighted by Crippen LogP contribution is -2.64. The molecule has 0 radical (unpaired) electrons. The number of likely N-dealkylation sites (tertiary alicyclic amines) is 2. The van der Waals surface area contributed by atoms with Crippen molar-refractivity contribution in [2.45, 2.75) is 219 Å². The molecule has 4 aliphatic heterocycles. The Morgan fingerprint density at radius 2 is 0.961 bits per heavy atom. The molecular weight excluding hydrogens is 1390 g/mol. The molecule has 0 aromatic heterocycles. The van der Waals surface area contributed by atoms with Gasteiger partial charge in [0.2, 0.25) is 30.7 Å². The number of nitrogens with zero attached hydrogens (tertiary/aromatic N) is 2. The topological polar surface area (TPSA) is 290 Å². The lowest BCUT2D eigenvalue weighted by atomic mass is 9.75. The highest BCUT2D eigenvalue weighted by Gasteiger charge is 2.57. The van der Waals surface area contributed by atoms with Crippen molar-refractivity contribution >= 4 is 82.5 Å². The first kappa shape index (κ1) is 83.5. The van der Waals surface area contributed by atoms with E-state index in [9.17, 15) is 38.7 Å². The number of alkyl halides is 3. The Hall–Kier alpha value is -7.45. The molecule has 0 saturated carbocycles.